The van der Waals surface area contributed by atoms with Crippen molar-refractivity contribution in [2.24, 2.45) is 5.73 Å². The van der Waals surface area contributed by atoms with Crippen LogP contribution in [0, 0.1) is 0 Å². The minimum absolute atomic E-state index is 0.0796. The molecule has 3 N–H and O–H groups in total. The maximum Gasteiger partial charge on any atom is 0.338 e. The molecule has 0 atom stereocenters. The Balaban J connectivity index is 1.66. The number of benzene rings is 2. The Bertz CT molecular complexity index is 936. The minimum atomic E-state index is -0.592. The van der Waals surface area contributed by atoms with Crippen molar-refractivity contribution in [3.05, 3.63) is 64.8 Å². The first-order chi connectivity index (χ1) is 12.0. The van der Waals surface area contributed by atoms with E-state index in [1.54, 1.807) is 24.3 Å². The number of hydrogen-bond acceptors (Lipinski definition) is 4. The van der Waals surface area contributed by atoms with Crippen LogP contribution in [0.5, 0.6) is 5.75 Å². The average Bonchev–Trinajstić information content (AvgIpc) is 3.03. The number of halogens is 1. The van der Waals surface area contributed by atoms with Gasteiger partial charge in [0.2, 0.25) is 0 Å². The first kappa shape index (κ1) is 16.9. The third-order valence-corrected chi connectivity index (χ3v) is 3.81. The van der Waals surface area contributed by atoms with Crippen molar-refractivity contribution in [1.29, 1.82) is 0 Å². The number of aromatic nitrogens is 1. The summed E-state index contributed by atoms with van der Waals surface area (Å²) in [6.45, 7) is -0.176. The van der Waals surface area contributed by atoms with Gasteiger partial charge in [0.1, 0.15) is 12.4 Å². The monoisotopic (exact) mass is 358 g/mol. The van der Waals surface area contributed by atoms with Crippen LogP contribution in [0.1, 0.15) is 16.1 Å². The van der Waals surface area contributed by atoms with Gasteiger partial charge in [-0.25, -0.2) is 4.79 Å². The van der Waals surface area contributed by atoms with Crippen molar-refractivity contribution in [1.82, 2.24) is 4.98 Å². The van der Waals surface area contributed by atoms with E-state index in [0.29, 0.717) is 16.3 Å². The molecule has 0 aliphatic heterocycles. The standard InChI is InChI=1S/C18H15ClN2O4/c19-15-5-2-6-16-14(15)8-12(21-16)9-25-18(23)11-3-1-4-13(7-11)24-10-17(20)22/h1-8,21H,9-10H2,(H2,20,22). The van der Waals surface area contributed by atoms with Crippen LogP contribution in [0.3, 0.4) is 0 Å². The van der Waals surface area contributed by atoms with Crippen LogP contribution in [0.25, 0.3) is 10.9 Å². The van der Waals surface area contributed by atoms with E-state index in [-0.39, 0.29) is 13.2 Å². The molecule has 0 saturated carbocycles. The molecule has 0 saturated heterocycles. The topological polar surface area (TPSA) is 94.4 Å². The zero-order valence-corrected chi connectivity index (χ0v) is 13.9. The molecule has 3 aromatic rings. The van der Waals surface area contributed by atoms with E-state index in [9.17, 15) is 9.59 Å². The van der Waals surface area contributed by atoms with E-state index in [2.05, 4.69) is 4.98 Å². The van der Waals surface area contributed by atoms with Crippen molar-refractivity contribution in [3.63, 3.8) is 0 Å². The zero-order chi connectivity index (χ0) is 17.8. The molecule has 1 aromatic heterocycles. The fourth-order valence-electron chi connectivity index (χ4n) is 2.35. The highest BCUT2D eigenvalue weighted by molar-refractivity contribution is 6.35. The summed E-state index contributed by atoms with van der Waals surface area (Å²) >= 11 is 6.12. The second-order valence-corrected chi connectivity index (χ2v) is 5.76. The van der Waals surface area contributed by atoms with E-state index >= 15 is 0 Å². The second-order valence-electron chi connectivity index (χ2n) is 5.35. The molecular formula is C18H15ClN2O4. The number of amides is 1. The molecule has 0 radical (unpaired) electrons. The molecule has 0 unspecified atom stereocenters. The van der Waals surface area contributed by atoms with Crippen LogP contribution in [0.2, 0.25) is 5.02 Å². The summed E-state index contributed by atoms with van der Waals surface area (Å²) in [5, 5.41) is 1.50. The smallest absolute Gasteiger partial charge is 0.338 e. The lowest BCUT2D eigenvalue weighted by Gasteiger charge is -2.06. The molecule has 0 fully saturated rings. The molecule has 1 heterocycles. The van der Waals surface area contributed by atoms with Gasteiger partial charge in [-0.15, -0.1) is 0 Å². The Labute approximate surface area is 148 Å². The number of esters is 1. The zero-order valence-electron chi connectivity index (χ0n) is 13.1. The normalized spacial score (nSPS) is 10.6. The molecule has 25 heavy (non-hydrogen) atoms. The molecule has 3 rings (SSSR count). The summed E-state index contributed by atoms with van der Waals surface area (Å²) in [7, 11) is 0. The SMILES string of the molecule is NC(=O)COc1cccc(C(=O)OCc2cc3c(Cl)cccc3[nH]2)c1. The van der Waals surface area contributed by atoms with Crippen molar-refractivity contribution in [3.8, 4) is 5.75 Å². The second kappa shape index (κ2) is 7.27. The molecule has 0 aliphatic rings. The van der Waals surface area contributed by atoms with Crippen molar-refractivity contribution >= 4 is 34.4 Å². The van der Waals surface area contributed by atoms with Gasteiger partial charge in [-0.05, 0) is 36.4 Å². The van der Waals surface area contributed by atoms with E-state index in [0.717, 1.165) is 16.6 Å². The van der Waals surface area contributed by atoms with Gasteiger partial charge in [-0.3, -0.25) is 4.79 Å². The molecule has 128 valence electrons. The highest BCUT2D eigenvalue weighted by Crippen LogP contribution is 2.24. The van der Waals surface area contributed by atoms with E-state index in [4.69, 9.17) is 26.8 Å². The molecule has 0 aliphatic carbocycles. The van der Waals surface area contributed by atoms with Gasteiger partial charge in [0.05, 0.1) is 11.3 Å². The number of hydrogen-bond donors (Lipinski definition) is 2. The lowest BCUT2D eigenvalue weighted by atomic mass is 10.2. The number of fused-ring (bicyclic) bond motifs is 1. The Hall–Kier alpha value is -2.99. The lowest BCUT2D eigenvalue weighted by molar-refractivity contribution is -0.119. The van der Waals surface area contributed by atoms with Gasteiger partial charge in [-0.2, -0.15) is 0 Å². The lowest BCUT2D eigenvalue weighted by Crippen LogP contribution is -2.20. The molecule has 7 heteroatoms. The van der Waals surface area contributed by atoms with Gasteiger partial charge in [0.15, 0.2) is 6.61 Å². The number of primary amides is 1. The van der Waals surface area contributed by atoms with Crippen LogP contribution in [-0.4, -0.2) is 23.5 Å². The fourth-order valence-corrected chi connectivity index (χ4v) is 2.58. The van der Waals surface area contributed by atoms with Gasteiger partial charge in [0, 0.05) is 15.9 Å². The first-order valence-electron chi connectivity index (χ1n) is 7.47. The first-order valence-corrected chi connectivity index (χ1v) is 7.85. The highest BCUT2D eigenvalue weighted by atomic mass is 35.5. The van der Waals surface area contributed by atoms with Gasteiger partial charge in [0.25, 0.3) is 5.91 Å². The molecule has 0 bridgehead atoms. The summed E-state index contributed by atoms with van der Waals surface area (Å²) < 4.78 is 10.5. The number of carbonyl (C=O) groups excluding carboxylic acids is 2. The predicted octanol–water partition coefficient (Wildman–Crippen LogP) is 3.04. The maximum absolute atomic E-state index is 12.2. The van der Waals surface area contributed by atoms with Gasteiger partial charge < -0.3 is 20.2 Å². The van der Waals surface area contributed by atoms with Crippen LogP contribution in [0.4, 0.5) is 0 Å². The fraction of sp³-hybridized carbons (Fsp3) is 0.111. The molecule has 0 spiro atoms. The minimum Gasteiger partial charge on any atom is -0.484 e. The molecule has 1 amide bonds. The summed E-state index contributed by atoms with van der Waals surface area (Å²) in [5.74, 6) is -0.731. The number of aromatic amines is 1. The summed E-state index contributed by atoms with van der Waals surface area (Å²) in [4.78, 5) is 26.1. The number of H-pyrrole nitrogens is 1. The molecule has 2 aromatic carbocycles. The van der Waals surface area contributed by atoms with Gasteiger partial charge in [-0.1, -0.05) is 23.7 Å². The number of carbonyl (C=O) groups is 2. The molecule has 6 nitrogen and oxygen atoms in total. The van der Waals surface area contributed by atoms with E-state index in [1.807, 2.05) is 18.2 Å². The van der Waals surface area contributed by atoms with E-state index in [1.165, 1.54) is 6.07 Å². The van der Waals surface area contributed by atoms with Crippen LogP contribution >= 0.6 is 11.6 Å². The Morgan fingerprint density at radius 2 is 1.92 bits per heavy atom. The maximum atomic E-state index is 12.2. The summed E-state index contributed by atoms with van der Waals surface area (Å²) in [5.41, 5.74) is 6.95. The molecular weight excluding hydrogens is 344 g/mol. The Morgan fingerprint density at radius 1 is 1.12 bits per heavy atom. The third-order valence-electron chi connectivity index (χ3n) is 3.48. The van der Waals surface area contributed by atoms with E-state index < -0.39 is 11.9 Å². The summed E-state index contributed by atoms with van der Waals surface area (Å²) in [6.07, 6.45) is 0. The Kier molecular flexibility index (Phi) is 4.90. The van der Waals surface area contributed by atoms with Crippen LogP contribution < -0.4 is 10.5 Å². The third kappa shape index (κ3) is 4.10. The van der Waals surface area contributed by atoms with Gasteiger partial charge >= 0.3 is 5.97 Å². The largest absolute Gasteiger partial charge is 0.484 e. The average molecular weight is 359 g/mol. The number of rotatable bonds is 6. The Morgan fingerprint density at radius 3 is 2.68 bits per heavy atom. The highest BCUT2D eigenvalue weighted by Gasteiger charge is 2.11. The van der Waals surface area contributed by atoms with Crippen molar-refractivity contribution in [2.45, 2.75) is 6.61 Å². The number of ether oxygens (including phenoxy) is 2. The summed E-state index contributed by atoms with van der Waals surface area (Å²) in [6, 6.07) is 13.7. The van der Waals surface area contributed by atoms with Crippen molar-refractivity contribution < 1.29 is 19.1 Å². The quantitative estimate of drug-likeness (QED) is 0.662. The van der Waals surface area contributed by atoms with Crippen LogP contribution in [0.15, 0.2) is 48.5 Å². The van der Waals surface area contributed by atoms with Crippen LogP contribution in [-0.2, 0) is 16.1 Å². The number of nitrogens with one attached hydrogen (secondary N) is 1. The van der Waals surface area contributed by atoms with Crippen molar-refractivity contribution in [2.75, 3.05) is 6.61 Å². The predicted molar refractivity (Wildman–Crippen MR) is 93.6 cm³/mol. The number of nitrogens with two attached hydrogens (primary N) is 1.